The number of hydrogen-bond acceptors (Lipinski definition) is 2. The Balaban J connectivity index is 2.24. The van der Waals surface area contributed by atoms with E-state index in [2.05, 4.69) is 39.4 Å². The van der Waals surface area contributed by atoms with Gasteiger partial charge >= 0.3 is 0 Å². The van der Waals surface area contributed by atoms with Crippen LogP contribution < -0.4 is 10.1 Å². The first kappa shape index (κ1) is 15.4. The van der Waals surface area contributed by atoms with Gasteiger partial charge in [-0.1, -0.05) is 35.9 Å². The average Bonchev–Trinajstić information content (AvgIpc) is 2.46. The van der Waals surface area contributed by atoms with Crippen LogP contribution in [0.15, 0.2) is 46.9 Å². The van der Waals surface area contributed by atoms with Crippen molar-refractivity contribution in [2.45, 2.75) is 12.5 Å². The summed E-state index contributed by atoms with van der Waals surface area (Å²) in [5, 5.41) is 4.14. The molecule has 0 aliphatic rings. The van der Waals surface area contributed by atoms with Gasteiger partial charge in [0.15, 0.2) is 0 Å². The first-order valence-electron chi connectivity index (χ1n) is 6.39. The number of nitrogens with one attached hydrogen (secondary N) is 1. The first-order valence-corrected chi connectivity index (χ1v) is 7.57. The highest BCUT2D eigenvalue weighted by molar-refractivity contribution is 9.10. The van der Waals surface area contributed by atoms with Crippen molar-refractivity contribution in [3.8, 4) is 5.75 Å². The third kappa shape index (κ3) is 3.54. The zero-order valence-corrected chi connectivity index (χ0v) is 13.8. The lowest BCUT2D eigenvalue weighted by Gasteiger charge is -2.18. The number of benzene rings is 2. The van der Waals surface area contributed by atoms with Crippen molar-refractivity contribution in [3.63, 3.8) is 0 Å². The molecule has 4 heteroatoms. The molecular weight excluding hydrogens is 338 g/mol. The highest BCUT2D eigenvalue weighted by atomic mass is 79.9. The molecule has 106 valence electrons. The molecule has 1 atom stereocenters. The summed E-state index contributed by atoms with van der Waals surface area (Å²) in [4.78, 5) is 0. The summed E-state index contributed by atoms with van der Waals surface area (Å²) < 4.78 is 6.22. The molecule has 0 amide bonds. The van der Waals surface area contributed by atoms with Crippen molar-refractivity contribution in [1.82, 2.24) is 5.32 Å². The molecule has 0 aliphatic heterocycles. The van der Waals surface area contributed by atoms with E-state index in [0.29, 0.717) is 0 Å². The molecule has 0 bridgehead atoms. The molecular formula is C16H17BrClNO. The summed E-state index contributed by atoms with van der Waals surface area (Å²) in [6.45, 7) is 0. The molecule has 20 heavy (non-hydrogen) atoms. The monoisotopic (exact) mass is 353 g/mol. The van der Waals surface area contributed by atoms with Crippen LogP contribution in [0.4, 0.5) is 0 Å². The zero-order valence-electron chi connectivity index (χ0n) is 11.5. The molecule has 0 saturated heterocycles. The molecule has 0 spiro atoms. The third-order valence-corrected chi connectivity index (χ3v) is 4.30. The molecule has 0 aromatic heterocycles. The molecule has 0 aliphatic carbocycles. The second kappa shape index (κ2) is 7.11. The van der Waals surface area contributed by atoms with Gasteiger partial charge < -0.3 is 10.1 Å². The van der Waals surface area contributed by atoms with Gasteiger partial charge in [0.05, 0.1) is 11.6 Å². The molecule has 2 nitrogen and oxygen atoms in total. The molecule has 0 radical (unpaired) electrons. The Bertz CT molecular complexity index is 588. The lowest BCUT2D eigenvalue weighted by atomic mass is 9.99. The van der Waals surface area contributed by atoms with Crippen LogP contribution in [-0.2, 0) is 6.42 Å². The molecule has 1 N–H and O–H groups in total. The minimum atomic E-state index is 0.206. The summed E-state index contributed by atoms with van der Waals surface area (Å²) in [6.07, 6.45) is 0.842. The molecule has 0 saturated carbocycles. The van der Waals surface area contributed by atoms with Crippen LogP contribution in [0.25, 0.3) is 0 Å². The van der Waals surface area contributed by atoms with Crippen molar-refractivity contribution in [1.29, 1.82) is 0 Å². The first-order chi connectivity index (χ1) is 9.65. The second-order valence-electron chi connectivity index (χ2n) is 4.53. The van der Waals surface area contributed by atoms with E-state index in [-0.39, 0.29) is 6.04 Å². The Kier molecular flexibility index (Phi) is 5.46. The Labute approximate surface area is 133 Å². The van der Waals surface area contributed by atoms with Gasteiger partial charge in [-0.25, -0.2) is 0 Å². The maximum absolute atomic E-state index is 6.23. The van der Waals surface area contributed by atoms with Crippen LogP contribution in [0, 0.1) is 0 Å². The van der Waals surface area contributed by atoms with E-state index >= 15 is 0 Å². The highest BCUT2D eigenvalue weighted by Crippen LogP contribution is 2.30. The van der Waals surface area contributed by atoms with Crippen LogP contribution >= 0.6 is 27.5 Å². The fourth-order valence-electron chi connectivity index (χ4n) is 2.17. The van der Waals surface area contributed by atoms with Crippen LogP contribution in [0.1, 0.15) is 17.2 Å². The van der Waals surface area contributed by atoms with E-state index in [0.717, 1.165) is 27.2 Å². The van der Waals surface area contributed by atoms with Crippen molar-refractivity contribution in [2.24, 2.45) is 0 Å². The van der Waals surface area contributed by atoms with Gasteiger partial charge in [-0.05, 0) is 58.7 Å². The minimum absolute atomic E-state index is 0.206. The van der Waals surface area contributed by atoms with Gasteiger partial charge in [-0.2, -0.15) is 0 Å². The number of ether oxygens (including phenoxy) is 1. The minimum Gasteiger partial charge on any atom is -0.496 e. The number of halogens is 2. The zero-order chi connectivity index (χ0) is 14.5. The van der Waals surface area contributed by atoms with E-state index in [1.54, 1.807) is 7.11 Å². The molecule has 2 rings (SSSR count). The normalized spacial score (nSPS) is 12.2. The van der Waals surface area contributed by atoms with Crippen molar-refractivity contribution >= 4 is 27.5 Å². The molecule has 0 fully saturated rings. The number of likely N-dealkylation sites (N-methyl/N-ethyl adjacent to an activating group) is 1. The van der Waals surface area contributed by atoms with Crippen LogP contribution in [-0.4, -0.2) is 14.2 Å². The second-order valence-corrected chi connectivity index (χ2v) is 5.79. The summed E-state index contributed by atoms with van der Waals surface area (Å²) in [6, 6.07) is 14.3. The summed E-state index contributed by atoms with van der Waals surface area (Å²) in [5.74, 6) is 0.835. The summed E-state index contributed by atoms with van der Waals surface area (Å²) >= 11 is 9.76. The van der Waals surface area contributed by atoms with Gasteiger partial charge in [0.2, 0.25) is 0 Å². The van der Waals surface area contributed by atoms with Crippen LogP contribution in [0.3, 0.4) is 0 Å². The van der Waals surface area contributed by atoms with E-state index in [9.17, 15) is 0 Å². The van der Waals surface area contributed by atoms with Gasteiger partial charge in [-0.15, -0.1) is 0 Å². The van der Waals surface area contributed by atoms with E-state index in [1.165, 1.54) is 5.56 Å². The van der Waals surface area contributed by atoms with Gasteiger partial charge in [0.25, 0.3) is 0 Å². The van der Waals surface area contributed by atoms with Gasteiger partial charge in [-0.3, -0.25) is 0 Å². The SMILES string of the molecule is CNC(Cc1ccccc1Cl)c1ccc(OC)c(Br)c1. The van der Waals surface area contributed by atoms with Crippen molar-refractivity contribution in [3.05, 3.63) is 63.1 Å². The topological polar surface area (TPSA) is 21.3 Å². The van der Waals surface area contributed by atoms with Crippen molar-refractivity contribution in [2.75, 3.05) is 14.2 Å². The number of methoxy groups -OCH3 is 1. The average molecular weight is 355 g/mol. The molecule has 1 unspecified atom stereocenters. The van der Waals surface area contributed by atoms with E-state index < -0.39 is 0 Å². The number of hydrogen-bond donors (Lipinski definition) is 1. The molecule has 2 aromatic carbocycles. The Morgan fingerprint density at radius 2 is 2.00 bits per heavy atom. The van der Waals surface area contributed by atoms with E-state index in [1.807, 2.05) is 31.3 Å². The van der Waals surface area contributed by atoms with E-state index in [4.69, 9.17) is 16.3 Å². The number of rotatable bonds is 5. The van der Waals surface area contributed by atoms with Gasteiger partial charge in [0, 0.05) is 11.1 Å². The summed E-state index contributed by atoms with van der Waals surface area (Å²) in [7, 11) is 3.62. The quantitative estimate of drug-likeness (QED) is 0.846. The Hall–Kier alpha value is -1.03. The smallest absolute Gasteiger partial charge is 0.133 e. The maximum Gasteiger partial charge on any atom is 0.133 e. The fraction of sp³-hybridized carbons (Fsp3) is 0.250. The standard InChI is InChI=1S/C16H17BrClNO/c1-19-15(10-11-5-3-4-6-14(11)18)12-7-8-16(20-2)13(17)9-12/h3-9,15,19H,10H2,1-2H3. The van der Waals surface area contributed by atoms with Crippen molar-refractivity contribution < 1.29 is 4.74 Å². The van der Waals surface area contributed by atoms with Gasteiger partial charge in [0.1, 0.15) is 5.75 Å². The summed E-state index contributed by atoms with van der Waals surface area (Å²) in [5.41, 5.74) is 2.33. The third-order valence-electron chi connectivity index (χ3n) is 3.31. The fourth-order valence-corrected chi connectivity index (χ4v) is 2.94. The predicted octanol–water partition coefficient (Wildman–Crippen LogP) is 4.61. The predicted molar refractivity (Wildman–Crippen MR) is 87.7 cm³/mol. The largest absolute Gasteiger partial charge is 0.496 e. The highest BCUT2D eigenvalue weighted by Gasteiger charge is 2.13. The van der Waals surface area contributed by atoms with Crippen LogP contribution in [0.5, 0.6) is 5.75 Å². The lowest BCUT2D eigenvalue weighted by molar-refractivity contribution is 0.411. The Morgan fingerprint density at radius 3 is 2.60 bits per heavy atom. The molecule has 0 heterocycles. The van der Waals surface area contributed by atoms with Crippen LogP contribution in [0.2, 0.25) is 5.02 Å². The Morgan fingerprint density at radius 1 is 1.25 bits per heavy atom. The molecule has 2 aromatic rings. The maximum atomic E-state index is 6.23. The lowest BCUT2D eigenvalue weighted by Crippen LogP contribution is -2.19.